The highest BCUT2D eigenvalue weighted by atomic mass is 32.1. The lowest BCUT2D eigenvalue weighted by atomic mass is 10.0. The second-order valence-corrected chi connectivity index (χ2v) is 7.57. The molecule has 8 heteroatoms. The number of hydrazine groups is 1. The lowest BCUT2D eigenvalue weighted by Crippen LogP contribution is -2.49. The normalized spacial score (nSPS) is 10.5. The van der Waals surface area contributed by atoms with Crippen molar-refractivity contribution in [2.45, 2.75) is 39.7 Å². The molecule has 0 bridgehead atoms. The zero-order chi connectivity index (χ0) is 22.1. The van der Waals surface area contributed by atoms with E-state index in [4.69, 9.17) is 21.7 Å². The fourth-order valence-corrected chi connectivity index (χ4v) is 2.57. The fourth-order valence-electron chi connectivity index (χ4n) is 2.42. The molecule has 0 radical (unpaired) electrons. The van der Waals surface area contributed by atoms with Crippen LogP contribution in [0.15, 0.2) is 48.5 Å². The summed E-state index contributed by atoms with van der Waals surface area (Å²) in [5, 5.41) is 2.46. The summed E-state index contributed by atoms with van der Waals surface area (Å²) in [6, 6.07) is 14.2. The topological polar surface area (TPSA) is 88.7 Å². The van der Waals surface area contributed by atoms with Gasteiger partial charge in [-0.05, 0) is 73.9 Å². The number of amides is 2. The minimum atomic E-state index is -0.435. The molecule has 0 saturated heterocycles. The summed E-state index contributed by atoms with van der Waals surface area (Å²) < 4.78 is 11.0. The van der Waals surface area contributed by atoms with Gasteiger partial charge in [0, 0.05) is 5.56 Å². The summed E-state index contributed by atoms with van der Waals surface area (Å²) >= 11 is 5.02. The SMILES string of the molecule is CC(C)Oc1ccc(C(=O)NC(=S)NNC(=O)COc2ccc(C(C)C)cc2)cc1. The second-order valence-electron chi connectivity index (χ2n) is 7.16. The number of benzene rings is 2. The van der Waals surface area contributed by atoms with Crippen molar-refractivity contribution in [2.24, 2.45) is 0 Å². The summed E-state index contributed by atoms with van der Waals surface area (Å²) in [7, 11) is 0. The minimum absolute atomic E-state index is 0.0304. The number of hydrogen-bond acceptors (Lipinski definition) is 5. The van der Waals surface area contributed by atoms with E-state index in [1.54, 1.807) is 24.3 Å². The van der Waals surface area contributed by atoms with Crippen LogP contribution in [-0.4, -0.2) is 29.6 Å². The number of thiocarbonyl (C=S) groups is 1. The van der Waals surface area contributed by atoms with Gasteiger partial charge in [-0.2, -0.15) is 0 Å². The molecule has 160 valence electrons. The van der Waals surface area contributed by atoms with Crippen molar-refractivity contribution in [3.05, 3.63) is 59.7 Å². The van der Waals surface area contributed by atoms with E-state index in [0.717, 1.165) is 0 Å². The Morgan fingerprint density at radius 1 is 0.900 bits per heavy atom. The molecular weight excluding hydrogens is 402 g/mol. The molecule has 0 saturated carbocycles. The summed E-state index contributed by atoms with van der Waals surface area (Å²) in [5.74, 6) is 0.854. The average Bonchev–Trinajstić information content (AvgIpc) is 2.71. The lowest BCUT2D eigenvalue weighted by Gasteiger charge is -2.12. The smallest absolute Gasteiger partial charge is 0.276 e. The van der Waals surface area contributed by atoms with Crippen LogP contribution in [0.3, 0.4) is 0 Å². The molecule has 3 N–H and O–H groups in total. The number of carbonyl (C=O) groups is 2. The van der Waals surface area contributed by atoms with Crippen LogP contribution in [0.2, 0.25) is 0 Å². The van der Waals surface area contributed by atoms with Gasteiger partial charge in [-0.15, -0.1) is 0 Å². The Labute approximate surface area is 182 Å². The highest BCUT2D eigenvalue weighted by Crippen LogP contribution is 2.18. The van der Waals surface area contributed by atoms with E-state index < -0.39 is 11.8 Å². The molecular formula is C22H27N3O4S. The predicted molar refractivity (Wildman–Crippen MR) is 120 cm³/mol. The van der Waals surface area contributed by atoms with Gasteiger partial charge in [-0.25, -0.2) is 0 Å². The molecule has 7 nitrogen and oxygen atoms in total. The first-order valence-corrected chi connectivity index (χ1v) is 10.0. The van der Waals surface area contributed by atoms with Crippen LogP contribution >= 0.6 is 12.2 Å². The van der Waals surface area contributed by atoms with Crippen molar-refractivity contribution < 1.29 is 19.1 Å². The molecule has 2 aromatic carbocycles. The number of carbonyl (C=O) groups excluding carboxylic acids is 2. The van der Waals surface area contributed by atoms with Crippen LogP contribution in [0.1, 0.15) is 49.5 Å². The molecule has 0 atom stereocenters. The monoisotopic (exact) mass is 429 g/mol. The highest BCUT2D eigenvalue weighted by molar-refractivity contribution is 7.80. The standard InChI is InChI=1S/C22H27N3O4S/c1-14(2)16-5-9-18(10-6-16)28-13-20(26)24-25-22(30)23-21(27)17-7-11-19(12-8-17)29-15(3)4/h5-12,14-15H,13H2,1-4H3,(H,24,26)(H2,23,25,27,30). The maximum Gasteiger partial charge on any atom is 0.276 e. The molecule has 0 aliphatic carbocycles. The largest absolute Gasteiger partial charge is 0.491 e. The van der Waals surface area contributed by atoms with Gasteiger partial charge < -0.3 is 9.47 Å². The maximum absolute atomic E-state index is 12.2. The Balaban J connectivity index is 1.72. The van der Waals surface area contributed by atoms with E-state index in [1.165, 1.54) is 5.56 Å². The molecule has 0 spiro atoms. The zero-order valence-electron chi connectivity index (χ0n) is 17.5. The van der Waals surface area contributed by atoms with E-state index in [9.17, 15) is 9.59 Å². The Morgan fingerprint density at radius 2 is 1.50 bits per heavy atom. The van der Waals surface area contributed by atoms with E-state index >= 15 is 0 Å². The van der Waals surface area contributed by atoms with Gasteiger partial charge in [-0.3, -0.25) is 25.8 Å². The van der Waals surface area contributed by atoms with Crippen LogP contribution in [0.4, 0.5) is 0 Å². The molecule has 0 aromatic heterocycles. The third-order valence-electron chi connectivity index (χ3n) is 3.95. The first kappa shape index (κ1) is 23.2. The van der Waals surface area contributed by atoms with Gasteiger partial charge in [0.25, 0.3) is 11.8 Å². The molecule has 0 aliphatic rings. The first-order valence-electron chi connectivity index (χ1n) is 9.64. The summed E-state index contributed by atoms with van der Waals surface area (Å²) in [5.41, 5.74) is 6.46. The molecule has 0 unspecified atom stereocenters. The Morgan fingerprint density at radius 3 is 2.07 bits per heavy atom. The van der Waals surface area contributed by atoms with Crippen LogP contribution in [0.5, 0.6) is 11.5 Å². The average molecular weight is 430 g/mol. The molecule has 2 amide bonds. The van der Waals surface area contributed by atoms with Crippen LogP contribution < -0.4 is 25.6 Å². The summed E-state index contributed by atoms with van der Waals surface area (Å²) in [6.07, 6.45) is 0.0495. The highest BCUT2D eigenvalue weighted by Gasteiger charge is 2.10. The van der Waals surface area contributed by atoms with Gasteiger partial charge in [0.05, 0.1) is 6.10 Å². The van der Waals surface area contributed by atoms with Crippen molar-refractivity contribution in [1.82, 2.24) is 16.2 Å². The van der Waals surface area contributed by atoms with Gasteiger partial charge in [0.15, 0.2) is 11.7 Å². The summed E-state index contributed by atoms with van der Waals surface area (Å²) in [6.45, 7) is 7.86. The van der Waals surface area contributed by atoms with Crippen molar-refractivity contribution >= 4 is 29.1 Å². The van der Waals surface area contributed by atoms with Crippen LogP contribution in [-0.2, 0) is 4.79 Å². The third-order valence-corrected chi connectivity index (χ3v) is 4.15. The van der Waals surface area contributed by atoms with E-state index in [1.807, 2.05) is 38.1 Å². The Hall–Kier alpha value is -3.13. The Kier molecular flexibility index (Phi) is 8.61. The Bertz CT molecular complexity index is 865. The number of ether oxygens (including phenoxy) is 2. The van der Waals surface area contributed by atoms with Crippen LogP contribution in [0.25, 0.3) is 0 Å². The maximum atomic E-state index is 12.2. The van der Waals surface area contributed by atoms with Crippen molar-refractivity contribution in [2.75, 3.05) is 6.61 Å². The molecule has 2 aromatic rings. The lowest BCUT2D eigenvalue weighted by molar-refractivity contribution is -0.123. The third kappa shape index (κ3) is 7.71. The minimum Gasteiger partial charge on any atom is -0.491 e. The summed E-state index contributed by atoms with van der Waals surface area (Å²) in [4.78, 5) is 24.1. The van der Waals surface area contributed by atoms with E-state index in [0.29, 0.717) is 23.0 Å². The van der Waals surface area contributed by atoms with Gasteiger partial charge >= 0.3 is 0 Å². The predicted octanol–water partition coefficient (Wildman–Crippen LogP) is 3.31. The van der Waals surface area contributed by atoms with Crippen molar-refractivity contribution in [3.8, 4) is 11.5 Å². The number of rotatable bonds is 7. The van der Waals surface area contributed by atoms with E-state index in [2.05, 4.69) is 30.0 Å². The van der Waals surface area contributed by atoms with Gasteiger partial charge in [-0.1, -0.05) is 26.0 Å². The molecule has 0 heterocycles. The second kappa shape index (κ2) is 11.2. The molecule has 0 aliphatic heterocycles. The molecule has 0 fully saturated rings. The fraction of sp³-hybridized carbons (Fsp3) is 0.318. The molecule has 2 rings (SSSR count). The van der Waals surface area contributed by atoms with Crippen molar-refractivity contribution in [3.63, 3.8) is 0 Å². The quantitative estimate of drug-likeness (QED) is 0.462. The van der Waals surface area contributed by atoms with E-state index in [-0.39, 0.29) is 17.8 Å². The number of hydrogen-bond donors (Lipinski definition) is 3. The zero-order valence-corrected chi connectivity index (χ0v) is 18.3. The number of nitrogens with one attached hydrogen (secondary N) is 3. The van der Waals surface area contributed by atoms with Gasteiger partial charge in [0.1, 0.15) is 11.5 Å². The first-order chi connectivity index (χ1) is 14.2. The van der Waals surface area contributed by atoms with Crippen LogP contribution in [0, 0.1) is 0 Å². The molecule has 30 heavy (non-hydrogen) atoms. The van der Waals surface area contributed by atoms with Crippen molar-refractivity contribution in [1.29, 1.82) is 0 Å². The van der Waals surface area contributed by atoms with Gasteiger partial charge in [0.2, 0.25) is 0 Å².